The maximum Gasteiger partial charge on any atom is 0.160 e. The molecule has 0 N–H and O–H groups in total. The highest BCUT2D eigenvalue weighted by Gasteiger charge is 2.24. The summed E-state index contributed by atoms with van der Waals surface area (Å²) in [6.45, 7) is 0. The molecular formula is C11H10N2OS. The smallest absolute Gasteiger partial charge is 0.160 e. The molecule has 1 fully saturated rings. The molecule has 1 aliphatic rings. The first kappa shape index (κ1) is 8.85. The van der Waals surface area contributed by atoms with Crippen molar-refractivity contribution in [3.05, 3.63) is 34.3 Å². The fourth-order valence-electron chi connectivity index (χ4n) is 1.63. The van der Waals surface area contributed by atoms with Crippen molar-refractivity contribution in [2.45, 2.75) is 18.8 Å². The topological polar surface area (TPSA) is 34.9 Å². The minimum Gasteiger partial charge on any atom is -0.297 e. The van der Waals surface area contributed by atoms with Crippen molar-refractivity contribution in [2.75, 3.05) is 0 Å². The van der Waals surface area contributed by atoms with Crippen molar-refractivity contribution in [3.63, 3.8) is 0 Å². The van der Waals surface area contributed by atoms with Gasteiger partial charge < -0.3 is 0 Å². The number of carbonyl (C=O) groups is 1. The second-order valence-corrected chi connectivity index (χ2v) is 4.76. The molecule has 0 unspecified atom stereocenters. The van der Waals surface area contributed by atoms with E-state index in [0.717, 1.165) is 22.8 Å². The molecule has 0 bridgehead atoms. The van der Waals surface area contributed by atoms with Crippen LogP contribution in [0.1, 0.15) is 34.0 Å². The quantitative estimate of drug-likeness (QED) is 0.742. The van der Waals surface area contributed by atoms with E-state index in [1.54, 1.807) is 0 Å². The Morgan fingerprint density at radius 3 is 3.07 bits per heavy atom. The summed E-state index contributed by atoms with van der Waals surface area (Å²) in [6.07, 6.45) is 7.44. The number of thiophene rings is 1. The average molecular weight is 218 g/mol. The number of aromatic nitrogens is 2. The standard InChI is InChI=1S/C11H10N2OS/c14-6-11-3-10(7-15-11)13-5-9(4-12-13)8-1-2-8/h3-8H,1-2H2. The van der Waals surface area contributed by atoms with Gasteiger partial charge in [-0.3, -0.25) is 4.79 Å². The third-order valence-corrected chi connectivity index (χ3v) is 3.48. The summed E-state index contributed by atoms with van der Waals surface area (Å²) in [4.78, 5) is 11.3. The molecule has 3 nitrogen and oxygen atoms in total. The van der Waals surface area contributed by atoms with E-state index in [-0.39, 0.29) is 0 Å². The Morgan fingerprint density at radius 2 is 2.40 bits per heavy atom. The fraction of sp³-hybridized carbons (Fsp3) is 0.273. The lowest BCUT2D eigenvalue weighted by atomic mass is 10.2. The third-order valence-electron chi connectivity index (χ3n) is 2.64. The number of hydrogen-bond acceptors (Lipinski definition) is 3. The Morgan fingerprint density at radius 1 is 1.53 bits per heavy atom. The van der Waals surface area contributed by atoms with Crippen LogP contribution in [0.15, 0.2) is 23.8 Å². The maximum absolute atomic E-state index is 10.6. The minimum atomic E-state index is 0.725. The second-order valence-electron chi connectivity index (χ2n) is 3.82. The summed E-state index contributed by atoms with van der Waals surface area (Å²) >= 11 is 1.45. The van der Waals surface area contributed by atoms with Crippen LogP contribution in [0.25, 0.3) is 5.69 Å². The van der Waals surface area contributed by atoms with Gasteiger partial charge in [-0.25, -0.2) is 4.68 Å². The van der Waals surface area contributed by atoms with Crippen LogP contribution in [0.4, 0.5) is 0 Å². The van der Waals surface area contributed by atoms with Gasteiger partial charge in [-0.1, -0.05) is 0 Å². The molecule has 0 saturated heterocycles. The van der Waals surface area contributed by atoms with Crippen LogP contribution in [0, 0.1) is 0 Å². The molecule has 3 rings (SSSR count). The van der Waals surface area contributed by atoms with Crippen molar-refractivity contribution in [2.24, 2.45) is 0 Å². The Bertz CT molecular complexity index is 496. The molecule has 1 saturated carbocycles. The van der Waals surface area contributed by atoms with Gasteiger partial charge in [0.2, 0.25) is 0 Å². The van der Waals surface area contributed by atoms with Gasteiger partial charge >= 0.3 is 0 Å². The zero-order chi connectivity index (χ0) is 10.3. The first-order chi connectivity index (χ1) is 7.36. The molecule has 0 amide bonds. The molecule has 0 spiro atoms. The molecule has 2 aromatic rings. The second kappa shape index (κ2) is 3.31. The molecule has 4 heteroatoms. The van der Waals surface area contributed by atoms with E-state index in [9.17, 15) is 4.79 Å². The molecule has 0 atom stereocenters. The van der Waals surface area contributed by atoms with Crippen LogP contribution in [0.5, 0.6) is 0 Å². The minimum absolute atomic E-state index is 0.725. The van der Waals surface area contributed by atoms with E-state index in [1.165, 1.54) is 29.7 Å². The van der Waals surface area contributed by atoms with E-state index in [0.29, 0.717) is 0 Å². The number of nitrogens with zero attached hydrogens (tertiary/aromatic N) is 2. The SMILES string of the molecule is O=Cc1cc(-n2cc(C3CC3)cn2)cs1. The van der Waals surface area contributed by atoms with Gasteiger partial charge in [-0.2, -0.15) is 5.10 Å². The van der Waals surface area contributed by atoms with Crippen LogP contribution in [-0.4, -0.2) is 16.1 Å². The van der Waals surface area contributed by atoms with E-state index in [4.69, 9.17) is 0 Å². The van der Waals surface area contributed by atoms with E-state index in [2.05, 4.69) is 11.3 Å². The van der Waals surface area contributed by atoms with Crippen LogP contribution >= 0.6 is 11.3 Å². The molecule has 0 aliphatic heterocycles. The molecule has 0 radical (unpaired) electrons. The number of carbonyl (C=O) groups excluding carboxylic acids is 1. The third kappa shape index (κ3) is 1.61. The van der Waals surface area contributed by atoms with E-state index < -0.39 is 0 Å². The fourth-order valence-corrected chi connectivity index (χ4v) is 2.31. The predicted octanol–water partition coefficient (Wildman–Crippen LogP) is 2.62. The van der Waals surface area contributed by atoms with Crippen LogP contribution in [-0.2, 0) is 0 Å². The maximum atomic E-state index is 10.6. The molecular weight excluding hydrogens is 208 g/mol. The highest BCUT2D eigenvalue weighted by Crippen LogP contribution is 2.39. The first-order valence-electron chi connectivity index (χ1n) is 4.95. The van der Waals surface area contributed by atoms with Crippen molar-refractivity contribution >= 4 is 17.6 Å². The lowest BCUT2D eigenvalue weighted by molar-refractivity contribution is 0.112. The van der Waals surface area contributed by atoms with Crippen LogP contribution in [0.2, 0.25) is 0 Å². The molecule has 1 aliphatic carbocycles. The lowest BCUT2D eigenvalue weighted by Gasteiger charge is -1.93. The molecule has 76 valence electrons. The van der Waals surface area contributed by atoms with Crippen molar-refractivity contribution in [1.29, 1.82) is 0 Å². The zero-order valence-electron chi connectivity index (χ0n) is 8.09. The Kier molecular flexibility index (Phi) is 1.95. The number of aldehydes is 1. The summed E-state index contributed by atoms with van der Waals surface area (Å²) in [5.74, 6) is 0.725. The summed E-state index contributed by atoms with van der Waals surface area (Å²) in [5.41, 5.74) is 2.29. The summed E-state index contributed by atoms with van der Waals surface area (Å²) in [5, 5.41) is 6.25. The van der Waals surface area contributed by atoms with Gasteiger partial charge in [0, 0.05) is 11.6 Å². The van der Waals surface area contributed by atoms with Gasteiger partial charge in [0.25, 0.3) is 0 Å². The van der Waals surface area contributed by atoms with E-state index >= 15 is 0 Å². The van der Waals surface area contributed by atoms with Crippen molar-refractivity contribution in [3.8, 4) is 5.69 Å². The number of hydrogen-bond donors (Lipinski definition) is 0. The largest absolute Gasteiger partial charge is 0.297 e. The first-order valence-corrected chi connectivity index (χ1v) is 5.83. The Balaban J connectivity index is 1.93. The van der Waals surface area contributed by atoms with Gasteiger partial charge in [0.1, 0.15) is 0 Å². The normalized spacial score (nSPS) is 15.5. The van der Waals surface area contributed by atoms with Crippen LogP contribution in [0.3, 0.4) is 0 Å². The summed E-state index contributed by atoms with van der Waals surface area (Å²) < 4.78 is 1.84. The van der Waals surface area contributed by atoms with Crippen molar-refractivity contribution < 1.29 is 4.79 Å². The molecule has 0 aromatic carbocycles. The highest BCUT2D eigenvalue weighted by atomic mass is 32.1. The Hall–Kier alpha value is -1.42. The number of rotatable bonds is 3. The van der Waals surface area contributed by atoms with Crippen molar-refractivity contribution in [1.82, 2.24) is 9.78 Å². The summed E-state index contributed by atoms with van der Waals surface area (Å²) in [6, 6.07) is 1.86. The lowest BCUT2D eigenvalue weighted by Crippen LogP contribution is -1.90. The van der Waals surface area contributed by atoms with Gasteiger partial charge in [-0.05, 0) is 30.4 Å². The van der Waals surface area contributed by atoms with Gasteiger partial charge in [-0.15, -0.1) is 11.3 Å². The van der Waals surface area contributed by atoms with Crippen LogP contribution < -0.4 is 0 Å². The molecule has 15 heavy (non-hydrogen) atoms. The van der Waals surface area contributed by atoms with Gasteiger partial charge in [0.15, 0.2) is 6.29 Å². The van der Waals surface area contributed by atoms with E-state index in [1.807, 2.05) is 22.3 Å². The average Bonchev–Trinajstić information content (AvgIpc) is 2.84. The molecule has 2 aromatic heterocycles. The predicted molar refractivity (Wildman–Crippen MR) is 58.8 cm³/mol. The molecule has 2 heterocycles. The Labute approximate surface area is 91.4 Å². The monoisotopic (exact) mass is 218 g/mol. The zero-order valence-corrected chi connectivity index (χ0v) is 8.91. The highest BCUT2D eigenvalue weighted by molar-refractivity contribution is 7.12. The summed E-state index contributed by atoms with van der Waals surface area (Å²) in [7, 11) is 0. The van der Waals surface area contributed by atoms with Gasteiger partial charge in [0.05, 0.1) is 16.8 Å².